The molecule has 18 heavy (non-hydrogen) atoms. The molecule has 0 bridgehead atoms. The highest BCUT2D eigenvalue weighted by molar-refractivity contribution is 5.70. The second-order valence-corrected chi connectivity index (χ2v) is 4.40. The molecule has 0 unspecified atom stereocenters. The first-order chi connectivity index (χ1) is 8.49. The molecule has 0 saturated heterocycles. The lowest BCUT2D eigenvalue weighted by Gasteiger charge is -2.08. The Morgan fingerprint density at radius 2 is 1.83 bits per heavy atom. The maximum absolute atomic E-state index is 10.6. The SMILES string of the molecule is Cc1nc(C)n(-c2ccc(CC(=O)O)cc2)c1C. The van der Waals surface area contributed by atoms with Gasteiger partial charge in [0.05, 0.1) is 12.1 Å². The Hall–Kier alpha value is -2.10. The van der Waals surface area contributed by atoms with Crippen molar-refractivity contribution in [2.24, 2.45) is 0 Å². The summed E-state index contributed by atoms with van der Waals surface area (Å²) < 4.78 is 2.07. The van der Waals surface area contributed by atoms with Gasteiger partial charge < -0.3 is 9.67 Å². The van der Waals surface area contributed by atoms with Crippen LogP contribution in [0.25, 0.3) is 5.69 Å². The fraction of sp³-hybridized carbons (Fsp3) is 0.286. The molecule has 94 valence electrons. The summed E-state index contributed by atoms with van der Waals surface area (Å²) in [4.78, 5) is 15.0. The summed E-state index contributed by atoms with van der Waals surface area (Å²) in [5, 5.41) is 8.73. The summed E-state index contributed by atoms with van der Waals surface area (Å²) in [6.45, 7) is 5.98. The third-order valence-corrected chi connectivity index (χ3v) is 3.06. The molecule has 1 heterocycles. The van der Waals surface area contributed by atoms with E-state index < -0.39 is 5.97 Å². The quantitative estimate of drug-likeness (QED) is 0.902. The van der Waals surface area contributed by atoms with E-state index in [1.165, 1.54) is 0 Å². The zero-order valence-electron chi connectivity index (χ0n) is 10.8. The predicted molar refractivity (Wildman–Crippen MR) is 69.1 cm³/mol. The summed E-state index contributed by atoms with van der Waals surface area (Å²) in [6, 6.07) is 7.55. The molecule has 1 aromatic heterocycles. The molecular formula is C14H16N2O2. The van der Waals surface area contributed by atoms with Crippen LogP contribution in [0.5, 0.6) is 0 Å². The van der Waals surface area contributed by atoms with Gasteiger partial charge in [-0.3, -0.25) is 4.79 Å². The standard InChI is InChI=1S/C14H16N2O2/c1-9-10(2)16(11(3)15-9)13-6-4-12(5-7-13)8-14(17)18/h4-7H,8H2,1-3H3,(H,17,18). The van der Waals surface area contributed by atoms with Crippen LogP contribution in [-0.4, -0.2) is 20.6 Å². The van der Waals surface area contributed by atoms with E-state index in [0.29, 0.717) is 0 Å². The van der Waals surface area contributed by atoms with Gasteiger partial charge in [-0.25, -0.2) is 4.98 Å². The average molecular weight is 244 g/mol. The van der Waals surface area contributed by atoms with Gasteiger partial charge >= 0.3 is 5.97 Å². The molecule has 4 heteroatoms. The van der Waals surface area contributed by atoms with Crippen LogP contribution in [0, 0.1) is 20.8 Å². The van der Waals surface area contributed by atoms with Gasteiger partial charge in [0.15, 0.2) is 0 Å². The Morgan fingerprint density at radius 1 is 1.22 bits per heavy atom. The molecule has 0 fully saturated rings. The topological polar surface area (TPSA) is 55.1 Å². The van der Waals surface area contributed by atoms with Crippen molar-refractivity contribution in [3.63, 3.8) is 0 Å². The number of benzene rings is 1. The first-order valence-electron chi connectivity index (χ1n) is 5.82. The van der Waals surface area contributed by atoms with E-state index in [1.54, 1.807) is 0 Å². The number of carbonyl (C=O) groups is 1. The van der Waals surface area contributed by atoms with Crippen LogP contribution in [0.2, 0.25) is 0 Å². The highest BCUT2D eigenvalue weighted by Crippen LogP contribution is 2.17. The van der Waals surface area contributed by atoms with Gasteiger partial charge in [0.25, 0.3) is 0 Å². The van der Waals surface area contributed by atoms with Gasteiger partial charge in [0.1, 0.15) is 5.82 Å². The summed E-state index contributed by atoms with van der Waals surface area (Å²) in [5.74, 6) is 0.129. The third-order valence-electron chi connectivity index (χ3n) is 3.06. The Kier molecular flexibility index (Phi) is 3.19. The lowest BCUT2D eigenvalue weighted by Crippen LogP contribution is -2.02. The lowest BCUT2D eigenvalue weighted by atomic mass is 10.1. The molecule has 0 saturated carbocycles. The summed E-state index contributed by atoms with van der Waals surface area (Å²) in [5.41, 5.74) is 3.94. The van der Waals surface area contributed by atoms with E-state index in [-0.39, 0.29) is 6.42 Å². The highest BCUT2D eigenvalue weighted by atomic mass is 16.4. The Bertz CT molecular complexity index is 583. The van der Waals surface area contributed by atoms with Gasteiger partial charge in [-0.15, -0.1) is 0 Å². The Labute approximate surface area is 106 Å². The van der Waals surface area contributed by atoms with E-state index in [1.807, 2.05) is 45.0 Å². The Morgan fingerprint density at radius 3 is 2.28 bits per heavy atom. The molecule has 0 radical (unpaired) electrons. The van der Waals surface area contributed by atoms with Gasteiger partial charge in [0, 0.05) is 11.4 Å². The number of nitrogens with zero attached hydrogens (tertiary/aromatic N) is 2. The molecule has 4 nitrogen and oxygen atoms in total. The molecule has 1 aromatic carbocycles. The number of hydrogen-bond acceptors (Lipinski definition) is 2. The Balaban J connectivity index is 2.37. The van der Waals surface area contributed by atoms with Crippen molar-refractivity contribution >= 4 is 5.97 Å². The zero-order chi connectivity index (χ0) is 13.3. The van der Waals surface area contributed by atoms with Gasteiger partial charge in [-0.1, -0.05) is 12.1 Å². The fourth-order valence-electron chi connectivity index (χ4n) is 2.10. The zero-order valence-corrected chi connectivity index (χ0v) is 10.8. The van der Waals surface area contributed by atoms with Gasteiger partial charge in [-0.2, -0.15) is 0 Å². The minimum atomic E-state index is -0.811. The van der Waals surface area contributed by atoms with Crippen LogP contribution >= 0.6 is 0 Å². The second-order valence-electron chi connectivity index (χ2n) is 4.40. The van der Waals surface area contributed by atoms with Crippen molar-refractivity contribution in [2.75, 3.05) is 0 Å². The van der Waals surface area contributed by atoms with Crippen LogP contribution < -0.4 is 0 Å². The van der Waals surface area contributed by atoms with E-state index in [9.17, 15) is 4.79 Å². The van der Waals surface area contributed by atoms with Crippen molar-refractivity contribution in [1.82, 2.24) is 9.55 Å². The average Bonchev–Trinajstić information content (AvgIpc) is 2.54. The summed E-state index contributed by atoms with van der Waals surface area (Å²) >= 11 is 0. The summed E-state index contributed by atoms with van der Waals surface area (Å²) in [7, 11) is 0. The lowest BCUT2D eigenvalue weighted by molar-refractivity contribution is -0.136. The molecule has 0 aliphatic rings. The van der Waals surface area contributed by atoms with Gasteiger partial charge in [-0.05, 0) is 38.5 Å². The van der Waals surface area contributed by atoms with E-state index in [4.69, 9.17) is 5.11 Å². The maximum atomic E-state index is 10.6. The number of aryl methyl sites for hydroxylation is 2. The van der Waals surface area contributed by atoms with Crippen LogP contribution in [0.15, 0.2) is 24.3 Å². The smallest absolute Gasteiger partial charge is 0.307 e. The summed E-state index contributed by atoms with van der Waals surface area (Å²) in [6.07, 6.45) is 0.0567. The van der Waals surface area contributed by atoms with Crippen LogP contribution in [0.1, 0.15) is 22.8 Å². The van der Waals surface area contributed by atoms with E-state index in [0.717, 1.165) is 28.5 Å². The molecule has 0 amide bonds. The normalized spacial score (nSPS) is 10.6. The third kappa shape index (κ3) is 2.27. The van der Waals surface area contributed by atoms with Crippen LogP contribution in [0.4, 0.5) is 0 Å². The number of aliphatic carboxylic acids is 1. The van der Waals surface area contributed by atoms with Crippen molar-refractivity contribution < 1.29 is 9.90 Å². The number of carboxylic acids is 1. The number of rotatable bonds is 3. The molecule has 1 N–H and O–H groups in total. The number of imidazole rings is 1. The molecule has 2 aromatic rings. The molecule has 0 atom stereocenters. The van der Waals surface area contributed by atoms with Crippen molar-refractivity contribution in [3.05, 3.63) is 47.0 Å². The molecular weight excluding hydrogens is 228 g/mol. The minimum absolute atomic E-state index is 0.0567. The second kappa shape index (κ2) is 4.64. The number of hydrogen-bond donors (Lipinski definition) is 1. The largest absolute Gasteiger partial charge is 0.481 e. The molecule has 0 aliphatic carbocycles. The van der Waals surface area contributed by atoms with Crippen molar-refractivity contribution in [1.29, 1.82) is 0 Å². The van der Waals surface area contributed by atoms with E-state index >= 15 is 0 Å². The number of carboxylic acid groups (broad SMARTS) is 1. The monoisotopic (exact) mass is 244 g/mol. The fourth-order valence-corrected chi connectivity index (χ4v) is 2.10. The maximum Gasteiger partial charge on any atom is 0.307 e. The first kappa shape index (κ1) is 12.4. The van der Waals surface area contributed by atoms with Crippen molar-refractivity contribution in [2.45, 2.75) is 27.2 Å². The molecule has 2 rings (SSSR count). The first-order valence-corrected chi connectivity index (χ1v) is 5.82. The highest BCUT2D eigenvalue weighted by Gasteiger charge is 2.09. The molecule has 0 spiro atoms. The number of aromatic nitrogens is 2. The molecule has 0 aliphatic heterocycles. The predicted octanol–water partition coefficient (Wildman–Crippen LogP) is 2.42. The van der Waals surface area contributed by atoms with Gasteiger partial charge in [0.2, 0.25) is 0 Å². The van der Waals surface area contributed by atoms with Crippen LogP contribution in [-0.2, 0) is 11.2 Å². The van der Waals surface area contributed by atoms with E-state index in [2.05, 4.69) is 9.55 Å². The minimum Gasteiger partial charge on any atom is -0.481 e. The van der Waals surface area contributed by atoms with Crippen molar-refractivity contribution in [3.8, 4) is 5.69 Å². The van der Waals surface area contributed by atoms with Crippen LogP contribution in [0.3, 0.4) is 0 Å².